The van der Waals surface area contributed by atoms with Crippen LogP contribution < -0.4 is 9.80 Å². The summed E-state index contributed by atoms with van der Waals surface area (Å²) in [4.78, 5) is 76.3. The standard InChI is InChI=1S/C50H35N5O4/c1-33(44(56)35-21-9-3-10-22-35)41(45(57)36-23-11-4-12-24-36)51-48-34(2)54(39-29-17-7-18-30-39)49-50(55(48)40-31-19-8-20-32-40)53-43(47(59)38-27-15-6-16-28-38)42(52-49)46(58)37-25-13-5-14-26-37/h3-32H,1H2,2H3/b51-41+. The summed E-state index contributed by atoms with van der Waals surface area (Å²) in [6.45, 7) is 5.96. The highest BCUT2D eigenvalue weighted by Crippen LogP contribution is 2.46. The van der Waals surface area contributed by atoms with Crippen LogP contribution in [0, 0.1) is 0 Å². The molecule has 1 aliphatic heterocycles. The predicted molar refractivity (Wildman–Crippen MR) is 230 cm³/mol. The third-order valence-corrected chi connectivity index (χ3v) is 9.75. The topological polar surface area (TPSA) is 113 Å². The number of anilines is 4. The van der Waals surface area contributed by atoms with Crippen LogP contribution in [0.1, 0.15) is 59.7 Å². The molecule has 0 spiro atoms. The van der Waals surface area contributed by atoms with Crippen LogP contribution >= 0.6 is 0 Å². The first kappa shape index (κ1) is 37.7. The minimum atomic E-state index is -0.528. The largest absolute Gasteiger partial charge is 0.292 e. The normalized spacial score (nSPS) is 12.5. The number of hydrogen-bond acceptors (Lipinski definition) is 9. The number of benzene rings is 6. The number of Topliss-reactive ketones (excluding diaryl/α,β-unsaturated/α-hetero) is 2. The third-order valence-electron chi connectivity index (χ3n) is 9.75. The van der Waals surface area contributed by atoms with E-state index in [-0.39, 0.29) is 40.1 Å². The van der Waals surface area contributed by atoms with Crippen molar-refractivity contribution >= 4 is 51.9 Å². The van der Waals surface area contributed by atoms with Crippen molar-refractivity contribution in [2.75, 3.05) is 9.80 Å². The van der Waals surface area contributed by atoms with Gasteiger partial charge < -0.3 is 0 Å². The van der Waals surface area contributed by atoms with Gasteiger partial charge in [0.1, 0.15) is 17.1 Å². The zero-order valence-corrected chi connectivity index (χ0v) is 31.9. The van der Waals surface area contributed by atoms with Crippen molar-refractivity contribution in [3.63, 3.8) is 0 Å². The second-order valence-electron chi connectivity index (χ2n) is 13.5. The molecule has 0 atom stereocenters. The summed E-state index contributed by atoms with van der Waals surface area (Å²) in [7, 11) is 0. The number of fused-ring (bicyclic) bond motifs is 1. The lowest BCUT2D eigenvalue weighted by molar-refractivity contribution is 0.0996. The molecule has 284 valence electrons. The van der Waals surface area contributed by atoms with E-state index in [0.717, 1.165) is 0 Å². The maximum Gasteiger partial charge on any atom is 0.213 e. The minimum absolute atomic E-state index is 0.120. The number of aliphatic imine (C=N–C) groups is 1. The number of hydrogen-bond donors (Lipinski definition) is 0. The van der Waals surface area contributed by atoms with Crippen LogP contribution in [0.2, 0.25) is 0 Å². The molecule has 1 aromatic heterocycles. The maximum atomic E-state index is 14.6. The molecule has 59 heavy (non-hydrogen) atoms. The Kier molecular flexibility index (Phi) is 10.6. The van der Waals surface area contributed by atoms with Gasteiger partial charge in [0.2, 0.25) is 17.3 Å². The zero-order chi connectivity index (χ0) is 40.9. The van der Waals surface area contributed by atoms with Crippen molar-refractivity contribution in [2.45, 2.75) is 6.92 Å². The molecule has 0 fully saturated rings. The monoisotopic (exact) mass is 769 g/mol. The second kappa shape index (κ2) is 16.5. The molecule has 6 aromatic carbocycles. The molecule has 1 aliphatic rings. The number of para-hydroxylation sites is 2. The molecule has 0 N–H and O–H groups in total. The smallest absolute Gasteiger partial charge is 0.213 e. The highest BCUT2D eigenvalue weighted by atomic mass is 16.1. The second-order valence-corrected chi connectivity index (χ2v) is 13.5. The highest BCUT2D eigenvalue weighted by Gasteiger charge is 2.38. The molecule has 0 saturated heterocycles. The number of carbonyl (C=O) groups is 4. The van der Waals surface area contributed by atoms with Crippen LogP contribution in [0.25, 0.3) is 0 Å². The molecule has 9 nitrogen and oxygen atoms in total. The molecule has 0 unspecified atom stereocenters. The van der Waals surface area contributed by atoms with Crippen LogP contribution in [0.3, 0.4) is 0 Å². The number of aromatic nitrogens is 2. The summed E-state index contributed by atoms with van der Waals surface area (Å²) in [5.41, 5.74) is 2.31. The van der Waals surface area contributed by atoms with E-state index in [0.29, 0.717) is 39.3 Å². The number of nitrogens with zero attached hydrogens (tertiary/aromatic N) is 5. The summed E-state index contributed by atoms with van der Waals surface area (Å²) in [6, 6.07) is 52.8. The molecule has 0 aliphatic carbocycles. The van der Waals surface area contributed by atoms with Gasteiger partial charge in [-0.15, -0.1) is 0 Å². The molecule has 2 heterocycles. The van der Waals surface area contributed by atoms with Crippen LogP contribution in [0.5, 0.6) is 0 Å². The maximum absolute atomic E-state index is 14.6. The van der Waals surface area contributed by atoms with Crippen molar-refractivity contribution in [3.05, 3.63) is 239 Å². The predicted octanol–water partition coefficient (Wildman–Crippen LogP) is 10.2. The van der Waals surface area contributed by atoms with E-state index in [1.54, 1.807) is 138 Å². The molecule has 0 bridgehead atoms. The number of ketones is 4. The SMILES string of the molecule is C=C(C(=O)c1ccccc1)/C(=N\C1=C(C)N(c2ccccc2)c2nc(C(=O)c3ccccc3)c(C(=O)c3ccccc3)nc2N1c1ccccc1)C(=O)c1ccccc1. The van der Waals surface area contributed by atoms with Gasteiger partial charge in [-0.25, -0.2) is 15.0 Å². The van der Waals surface area contributed by atoms with Gasteiger partial charge in [0.15, 0.2) is 23.2 Å². The number of rotatable bonds is 12. The van der Waals surface area contributed by atoms with E-state index in [2.05, 4.69) is 6.58 Å². The Labute approximate surface area is 341 Å². The number of carbonyl (C=O) groups excluding carboxylic acids is 4. The van der Waals surface area contributed by atoms with Gasteiger partial charge in [0.25, 0.3) is 0 Å². The van der Waals surface area contributed by atoms with Crippen molar-refractivity contribution in [2.24, 2.45) is 4.99 Å². The molecular weight excluding hydrogens is 735 g/mol. The van der Waals surface area contributed by atoms with Crippen LogP contribution in [0.4, 0.5) is 23.0 Å². The fourth-order valence-corrected chi connectivity index (χ4v) is 6.81. The Balaban J connectivity index is 1.44. The van der Waals surface area contributed by atoms with E-state index in [9.17, 15) is 19.2 Å². The summed E-state index contributed by atoms with van der Waals surface area (Å²) < 4.78 is 0. The average Bonchev–Trinajstić information content (AvgIpc) is 3.31. The van der Waals surface area contributed by atoms with E-state index in [1.165, 1.54) is 0 Å². The quantitative estimate of drug-likeness (QED) is 0.0686. The van der Waals surface area contributed by atoms with Gasteiger partial charge in [0, 0.05) is 39.2 Å². The molecule has 0 radical (unpaired) electrons. The fraction of sp³-hybridized carbons (Fsp3) is 0.0200. The summed E-state index contributed by atoms with van der Waals surface area (Å²) >= 11 is 0. The van der Waals surface area contributed by atoms with Crippen molar-refractivity contribution in [1.82, 2.24) is 9.97 Å². The van der Waals surface area contributed by atoms with E-state index >= 15 is 0 Å². The van der Waals surface area contributed by atoms with Crippen LogP contribution in [-0.2, 0) is 0 Å². The summed E-state index contributed by atoms with van der Waals surface area (Å²) in [5, 5.41) is 0. The molecule has 0 amide bonds. The Morgan fingerprint density at radius 3 is 1.22 bits per heavy atom. The van der Waals surface area contributed by atoms with Gasteiger partial charge in [-0.1, -0.05) is 164 Å². The Bertz CT molecular complexity index is 2790. The lowest BCUT2D eigenvalue weighted by Gasteiger charge is -2.38. The van der Waals surface area contributed by atoms with Crippen molar-refractivity contribution in [1.29, 1.82) is 0 Å². The lowest BCUT2D eigenvalue weighted by Crippen LogP contribution is -2.34. The van der Waals surface area contributed by atoms with Gasteiger partial charge in [0.05, 0.1) is 5.70 Å². The fourth-order valence-electron chi connectivity index (χ4n) is 6.81. The van der Waals surface area contributed by atoms with Gasteiger partial charge in [-0.2, -0.15) is 0 Å². The van der Waals surface area contributed by atoms with E-state index in [4.69, 9.17) is 15.0 Å². The van der Waals surface area contributed by atoms with Gasteiger partial charge >= 0.3 is 0 Å². The lowest BCUT2D eigenvalue weighted by atomic mass is 9.95. The Hall–Kier alpha value is -8.17. The summed E-state index contributed by atoms with van der Waals surface area (Å²) in [5.74, 6) is -1.43. The first-order chi connectivity index (χ1) is 28.8. The molecule has 9 heteroatoms. The van der Waals surface area contributed by atoms with Crippen LogP contribution in [-0.4, -0.2) is 38.8 Å². The average molecular weight is 770 g/mol. The summed E-state index contributed by atoms with van der Waals surface area (Å²) in [6.07, 6.45) is 0. The van der Waals surface area contributed by atoms with Gasteiger partial charge in [-0.05, 0) is 31.2 Å². The van der Waals surface area contributed by atoms with E-state index in [1.807, 2.05) is 60.7 Å². The van der Waals surface area contributed by atoms with Gasteiger partial charge in [-0.3, -0.25) is 29.0 Å². The zero-order valence-electron chi connectivity index (χ0n) is 31.9. The molecule has 0 saturated carbocycles. The van der Waals surface area contributed by atoms with Crippen molar-refractivity contribution in [3.8, 4) is 0 Å². The number of allylic oxidation sites excluding steroid dienone is 2. The van der Waals surface area contributed by atoms with E-state index < -0.39 is 23.1 Å². The third kappa shape index (κ3) is 7.43. The Morgan fingerprint density at radius 1 is 0.458 bits per heavy atom. The van der Waals surface area contributed by atoms with Crippen LogP contribution in [0.15, 0.2) is 211 Å². The first-order valence-corrected chi connectivity index (χ1v) is 18.8. The highest BCUT2D eigenvalue weighted by molar-refractivity contribution is 6.57. The van der Waals surface area contributed by atoms with Crippen molar-refractivity contribution < 1.29 is 19.2 Å². The molecule has 8 rings (SSSR count). The molecular formula is C50H35N5O4. The Morgan fingerprint density at radius 2 is 0.797 bits per heavy atom. The minimum Gasteiger partial charge on any atom is -0.292 e. The molecule has 7 aromatic rings. The first-order valence-electron chi connectivity index (χ1n) is 18.8.